The molecule has 4 nitrogen and oxygen atoms in total. The summed E-state index contributed by atoms with van der Waals surface area (Å²) in [5.41, 5.74) is 1.04. The number of rotatable bonds is 8. The highest BCUT2D eigenvalue weighted by Crippen LogP contribution is 2.04. The largest absolute Gasteiger partial charge is 0.297 e. The third-order valence-corrected chi connectivity index (χ3v) is 2.51. The zero-order valence-corrected chi connectivity index (χ0v) is 9.87. The van der Waals surface area contributed by atoms with Crippen molar-refractivity contribution in [1.29, 1.82) is 0 Å². The molecule has 15 heavy (non-hydrogen) atoms. The van der Waals surface area contributed by atoms with Crippen molar-refractivity contribution in [3.8, 4) is 0 Å². The molecule has 0 spiro atoms. The molecule has 0 aliphatic heterocycles. The van der Waals surface area contributed by atoms with E-state index in [9.17, 15) is 0 Å². The lowest BCUT2D eigenvalue weighted by atomic mass is 10.2. The molecule has 1 aromatic heterocycles. The van der Waals surface area contributed by atoms with E-state index in [1.54, 1.807) is 0 Å². The van der Waals surface area contributed by atoms with Crippen LogP contribution >= 0.6 is 0 Å². The van der Waals surface area contributed by atoms with Gasteiger partial charge in [0.05, 0.1) is 5.69 Å². The average Bonchev–Trinajstić information content (AvgIpc) is 2.74. The molecule has 1 heterocycles. The van der Waals surface area contributed by atoms with Crippen molar-refractivity contribution in [2.45, 2.75) is 46.1 Å². The predicted molar refractivity (Wildman–Crippen MR) is 61.5 cm³/mol. The van der Waals surface area contributed by atoms with E-state index in [4.69, 9.17) is 0 Å². The Morgan fingerprint density at radius 1 is 1.20 bits per heavy atom. The van der Waals surface area contributed by atoms with E-state index in [0.717, 1.165) is 12.2 Å². The summed E-state index contributed by atoms with van der Waals surface area (Å²) in [4.78, 5) is 2.46. The lowest BCUT2D eigenvalue weighted by Crippen LogP contribution is -2.25. The highest BCUT2D eigenvalue weighted by molar-refractivity contribution is 4.89. The minimum absolute atomic E-state index is 0.927. The van der Waals surface area contributed by atoms with Crippen LogP contribution in [0.15, 0.2) is 6.20 Å². The quantitative estimate of drug-likeness (QED) is 0.715. The second-order valence-corrected chi connectivity index (χ2v) is 3.95. The van der Waals surface area contributed by atoms with Gasteiger partial charge in [0.15, 0.2) is 0 Å². The normalized spacial score (nSPS) is 11.1. The molecular formula is C11H22N4. The molecule has 1 aromatic rings. The van der Waals surface area contributed by atoms with Crippen LogP contribution in [0.2, 0.25) is 0 Å². The Labute approximate surface area is 92.1 Å². The number of nitrogens with zero attached hydrogens (tertiary/aromatic N) is 3. The number of aromatic amines is 1. The summed E-state index contributed by atoms with van der Waals surface area (Å²) in [5, 5.41) is 10.5. The van der Waals surface area contributed by atoms with Gasteiger partial charge in [0.25, 0.3) is 0 Å². The molecule has 0 saturated heterocycles. The van der Waals surface area contributed by atoms with Gasteiger partial charge in [0.1, 0.15) is 0 Å². The molecule has 0 atom stereocenters. The van der Waals surface area contributed by atoms with Crippen LogP contribution in [0.5, 0.6) is 0 Å². The first-order valence-corrected chi connectivity index (χ1v) is 5.94. The third kappa shape index (κ3) is 4.93. The van der Waals surface area contributed by atoms with Crippen LogP contribution in [0.1, 0.15) is 45.2 Å². The van der Waals surface area contributed by atoms with Crippen LogP contribution in [0.25, 0.3) is 0 Å². The molecule has 86 valence electrons. The zero-order valence-electron chi connectivity index (χ0n) is 9.87. The maximum atomic E-state index is 4.02. The van der Waals surface area contributed by atoms with Crippen molar-refractivity contribution < 1.29 is 0 Å². The van der Waals surface area contributed by atoms with Crippen molar-refractivity contribution in [3.05, 3.63) is 11.9 Å². The van der Waals surface area contributed by atoms with Crippen LogP contribution in [-0.4, -0.2) is 33.4 Å². The molecule has 4 heteroatoms. The van der Waals surface area contributed by atoms with Gasteiger partial charge in [-0.3, -0.25) is 10.00 Å². The monoisotopic (exact) mass is 210 g/mol. The molecule has 0 radical (unpaired) electrons. The van der Waals surface area contributed by atoms with Crippen LogP contribution in [0.3, 0.4) is 0 Å². The zero-order chi connectivity index (χ0) is 10.9. The molecule has 1 N–H and O–H groups in total. The van der Waals surface area contributed by atoms with Gasteiger partial charge in [0.2, 0.25) is 0 Å². The summed E-state index contributed by atoms with van der Waals surface area (Å²) in [6.45, 7) is 7.73. The predicted octanol–water partition coefficient (Wildman–Crippen LogP) is 2.21. The molecule has 0 unspecified atom stereocenters. The van der Waals surface area contributed by atoms with Crippen molar-refractivity contribution in [2.24, 2.45) is 0 Å². The lowest BCUT2D eigenvalue weighted by molar-refractivity contribution is 0.254. The number of aromatic nitrogens is 3. The van der Waals surface area contributed by atoms with Gasteiger partial charge in [-0.1, -0.05) is 31.9 Å². The van der Waals surface area contributed by atoms with Crippen molar-refractivity contribution in [1.82, 2.24) is 20.3 Å². The summed E-state index contributed by atoms with van der Waals surface area (Å²) in [5.74, 6) is 0. The fourth-order valence-corrected chi connectivity index (χ4v) is 1.57. The first kappa shape index (κ1) is 12.2. The molecule has 1 rings (SSSR count). The maximum Gasteiger partial charge on any atom is 0.0964 e. The molecule has 0 aliphatic carbocycles. The van der Waals surface area contributed by atoms with Crippen molar-refractivity contribution in [2.75, 3.05) is 13.1 Å². The standard InChI is InChI=1S/C11H22N4/c1-3-5-7-15(8-6-4-2)10-11-9-12-14-13-11/h9H,3-8,10H2,1-2H3,(H,12,13,14). The first-order valence-electron chi connectivity index (χ1n) is 5.94. The topological polar surface area (TPSA) is 44.8 Å². The van der Waals surface area contributed by atoms with E-state index < -0.39 is 0 Å². The van der Waals surface area contributed by atoms with Gasteiger partial charge in [-0.2, -0.15) is 0 Å². The van der Waals surface area contributed by atoms with E-state index in [-0.39, 0.29) is 0 Å². The lowest BCUT2D eigenvalue weighted by Gasteiger charge is -2.20. The van der Waals surface area contributed by atoms with Crippen LogP contribution in [0, 0.1) is 0 Å². The average molecular weight is 210 g/mol. The molecule has 0 amide bonds. The SMILES string of the molecule is CCCCN(CCCC)Cc1c[nH]nn1. The molecule has 0 aromatic carbocycles. The number of hydrogen-bond acceptors (Lipinski definition) is 3. The van der Waals surface area contributed by atoms with E-state index in [1.165, 1.54) is 38.8 Å². The Morgan fingerprint density at radius 2 is 1.87 bits per heavy atom. The Hall–Kier alpha value is -0.900. The van der Waals surface area contributed by atoms with E-state index in [1.807, 2.05) is 6.20 Å². The van der Waals surface area contributed by atoms with Gasteiger partial charge in [0, 0.05) is 12.7 Å². The van der Waals surface area contributed by atoms with Crippen LogP contribution < -0.4 is 0 Å². The van der Waals surface area contributed by atoms with Gasteiger partial charge in [-0.05, 0) is 25.9 Å². The minimum Gasteiger partial charge on any atom is -0.297 e. The van der Waals surface area contributed by atoms with Gasteiger partial charge < -0.3 is 0 Å². The molecule has 0 aliphatic rings. The maximum absolute atomic E-state index is 4.02. The van der Waals surface area contributed by atoms with Crippen LogP contribution in [0.4, 0.5) is 0 Å². The van der Waals surface area contributed by atoms with E-state index in [0.29, 0.717) is 0 Å². The summed E-state index contributed by atoms with van der Waals surface area (Å²) in [7, 11) is 0. The van der Waals surface area contributed by atoms with Gasteiger partial charge in [-0.25, -0.2) is 0 Å². The summed E-state index contributed by atoms with van der Waals surface area (Å²) in [6.07, 6.45) is 6.91. The second kappa shape index (κ2) is 7.40. The third-order valence-electron chi connectivity index (χ3n) is 2.51. The van der Waals surface area contributed by atoms with Crippen molar-refractivity contribution >= 4 is 0 Å². The van der Waals surface area contributed by atoms with E-state index in [2.05, 4.69) is 34.2 Å². The molecular weight excluding hydrogens is 188 g/mol. The fourth-order valence-electron chi connectivity index (χ4n) is 1.57. The fraction of sp³-hybridized carbons (Fsp3) is 0.818. The Morgan fingerprint density at radius 3 is 2.33 bits per heavy atom. The Balaban J connectivity index is 2.33. The summed E-state index contributed by atoms with van der Waals surface area (Å²) < 4.78 is 0. The number of nitrogens with one attached hydrogen (secondary N) is 1. The second-order valence-electron chi connectivity index (χ2n) is 3.95. The van der Waals surface area contributed by atoms with Gasteiger partial charge >= 0.3 is 0 Å². The smallest absolute Gasteiger partial charge is 0.0964 e. The number of hydrogen-bond donors (Lipinski definition) is 1. The molecule has 0 saturated carbocycles. The summed E-state index contributed by atoms with van der Waals surface area (Å²) in [6, 6.07) is 0. The number of H-pyrrole nitrogens is 1. The molecule has 0 fully saturated rings. The minimum atomic E-state index is 0.927. The van der Waals surface area contributed by atoms with Crippen molar-refractivity contribution in [3.63, 3.8) is 0 Å². The Kier molecular flexibility index (Phi) is 6.00. The number of unbranched alkanes of at least 4 members (excludes halogenated alkanes) is 2. The highest BCUT2D eigenvalue weighted by atomic mass is 15.3. The van der Waals surface area contributed by atoms with E-state index >= 15 is 0 Å². The first-order chi connectivity index (χ1) is 7.36. The van der Waals surface area contributed by atoms with Gasteiger partial charge in [-0.15, -0.1) is 5.10 Å². The summed E-state index contributed by atoms with van der Waals surface area (Å²) >= 11 is 0. The van der Waals surface area contributed by atoms with Crippen LogP contribution in [-0.2, 0) is 6.54 Å². The molecule has 0 bridgehead atoms. The highest BCUT2D eigenvalue weighted by Gasteiger charge is 2.06. The Bertz CT molecular complexity index is 225.